The second-order valence-corrected chi connectivity index (χ2v) is 9.57. The van der Waals surface area contributed by atoms with Crippen LogP contribution in [-0.4, -0.2) is 44.8 Å². The molecule has 2 aromatic carbocycles. The molecule has 1 aliphatic rings. The zero-order valence-corrected chi connectivity index (χ0v) is 19.3. The molecule has 3 aromatic rings. The van der Waals surface area contributed by atoms with Crippen molar-refractivity contribution < 1.29 is 14.7 Å². The number of carbonyl (C=O) groups is 2. The van der Waals surface area contributed by atoms with Gasteiger partial charge in [-0.05, 0) is 63.1 Å². The molecule has 1 fully saturated rings. The van der Waals surface area contributed by atoms with Gasteiger partial charge in [-0.1, -0.05) is 42.5 Å². The molecule has 1 amide bonds. The van der Waals surface area contributed by atoms with E-state index < -0.39 is 5.97 Å². The highest BCUT2D eigenvalue weighted by molar-refractivity contribution is 6.03. The number of aliphatic carboxylic acids is 1. The Balaban J connectivity index is 1.45. The molecule has 1 atom stereocenters. The standard InChI is InChI=1S/C26H30N4O3/c1-26(2,3)30-23(19-7-5-4-6-8-19)15-22(28-30)24(31)27-21-11-9-18(10-12-21)16-29-14-13-20(17-29)25(32)33/h4-12,15,20H,13-14,16-17H2,1-3H3,(H,27,31)(H,32,33). The summed E-state index contributed by atoms with van der Waals surface area (Å²) >= 11 is 0. The van der Waals surface area contributed by atoms with E-state index in [9.17, 15) is 9.59 Å². The van der Waals surface area contributed by atoms with Crippen molar-refractivity contribution >= 4 is 17.6 Å². The Morgan fingerprint density at radius 2 is 1.79 bits per heavy atom. The maximum atomic E-state index is 13.0. The molecule has 7 nitrogen and oxygen atoms in total. The number of nitrogens with zero attached hydrogens (tertiary/aromatic N) is 3. The van der Waals surface area contributed by atoms with Crippen molar-refractivity contribution in [2.24, 2.45) is 5.92 Å². The monoisotopic (exact) mass is 446 g/mol. The normalized spacial score (nSPS) is 16.6. The van der Waals surface area contributed by atoms with Crippen LogP contribution in [0.1, 0.15) is 43.2 Å². The molecule has 0 aliphatic carbocycles. The second kappa shape index (κ2) is 9.19. The van der Waals surface area contributed by atoms with Gasteiger partial charge in [0, 0.05) is 18.8 Å². The summed E-state index contributed by atoms with van der Waals surface area (Å²) in [5, 5.41) is 16.7. The van der Waals surface area contributed by atoms with Crippen molar-refractivity contribution in [3.8, 4) is 11.3 Å². The van der Waals surface area contributed by atoms with Gasteiger partial charge >= 0.3 is 5.97 Å². The van der Waals surface area contributed by atoms with E-state index in [1.165, 1.54) is 0 Å². The largest absolute Gasteiger partial charge is 0.481 e. The van der Waals surface area contributed by atoms with Crippen molar-refractivity contribution in [2.75, 3.05) is 18.4 Å². The zero-order chi connectivity index (χ0) is 23.6. The fourth-order valence-electron chi connectivity index (χ4n) is 4.14. The van der Waals surface area contributed by atoms with Crippen LogP contribution in [0.4, 0.5) is 5.69 Å². The first-order chi connectivity index (χ1) is 15.7. The summed E-state index contributed by atoms with van der Waals surface area (Å²) < 4.78 is 1.89. The molecule has 4 rings (SSSR count). The first-order valence-electron chi connectivity index (χ1n) is 11.2. The van der Waals surface area contributed by atoms with Crippen molar-refractivity contribution in [2.45, 2.75) is 39.3 Å². The summed E-state index contributed by atoms with van der Waals surface area (Å²) in [6, 6.07) is 19.4. The number of likely N-dealkylation sites (tertiary alicyclic amines) is 1. The van der Waals surface area contributed by atoms with E-state index in [4.69, 9.17) is 5.11 Å². The minimum atomic E-state index is -0.722. The average Bonchev–Trinajstić information content (AvgIpc) is 3.43. The lowest BCUT2D eigenvalue weighted by Crippen LogP contribution is -2.25. The van der Waals surface area contributed by atoms with Crippen LogP contribution in [0, 0.1) is 5.92 Å². The van der Waals surface area contributed by atoms with Crippen LogP contribution < -0.4 is 5.32 Å². The van der Waals surface area contributed by atoms with Crippen LogP contribution in [0.25, 0.3) is 11.3 Å². The molecule has 2 N–H and O–H groups in total. The number of hydrogen-bond donors (Lipinski definition) is 2. The summed E-state index contributed by atoms with van der Waals surface area (Å²) in [6.45, 7) is 8.25. The Morgan fingerprint density at radius 3 is 2.39 bits per heavy atom. The number of carbonyl (C=O) groups excluding carboxylic acids is 1. The average molecular weight is 447 g/mol. The van der Waals surface area contributed by atoms with Crippen LogP contribution in [0.2, 0.25) is 0 Å². The summed E-state index contributed by atoms with van der Waals surface area (Å²) in [5.41, 5.74) is 3.78. The van der Waals surface area contributed by atoms with Crippen LogP contribution >= 0.6 is 0 Å². The molecule has 172 valence electrons. The predicted octanol–water partition coefficient (Wildman–Crippen LogP) is 4.46. The number of carboxylic acids is 1. The molecule has 2 heterocycles. The maximum Gasteiger partial charge on any atom is 0.307 e. The molecule has 0 saturated carbocycles. The molecule has 1 saturated heterocycles. The molecule has 0 spiro atoms. The molecule has 0 radical (unpaired) electrons. The van der Waals surface area contributed by atoms with E-state index in [0.29, 0.717) is 30.9 Å². The quantitative estimate of drug-likeness (QED) is 0.584. The number of anilines is 1. The smallest absolute Gasteiger partial charge is 0.307 e. The topological polar surface area (TPSA) is 87.5 Å². The Morgan fingerprint density at radius 1 is 1.09 bits per heavy atom. The highest BCUT2D eigenvalue weighted by Gasteiger charge is 2.28. The Kier molecular flexibility index (Phi) is 6.33. The fourth-order valence-corrected chi connectivity index (χ4v) is 4.14. The molecule has 0 bridgehead atoms. The van der Waals surface area contributed by atoms with Crippen molar-refractivity contribution in [1.29, 1.82) is 0 Å². The highest BCUT2D eigenvalue weighted by Crippen LogP contribution is 2.27. The van der Waals surface area contributed by atoms with E-state index in [2.05, 4.69) is 36.1 Å². The number of nitrogens with one attached hydrogen (secondary N) is 1. The molecule has 33 heavy (non-hydrogen) atoms. The fraction of sp³-hybridized carbons (Fsp3) is 0.346. The zero-order valence-electron chi connectivity index (χ0n) is 19.3. The number of benzene rings is 2. The van der Waals surface area contributed by atoms with Gasteiger partial charge in [0.25, 0.3) is 5.91 Å². The first-order valence-corrected chi connectivity index (χ1v) is 11.2. The van der Waals surface area contributed by atoms with Gasteiger partial charge in [0.1, 0.15) is 0 Å². The van der Waals surface area contributed by atoms with Gasteiger partial charge in [-0.25, -0.2) is 0 Å². The van der Waals surface area contributed by atoms with Gasteiger partial charge in [-0.3, -0.25) is 19.2 Å². The number of rotatable bonds is 6. The van der Waals surface area contributed by atoms with E-state index in [0.717, 1.165) is 23.4 Å². The molecular formula is C26H30N4O3. The third-order valence-corrected chi connectivity index (χ3v) is 5.89. The molecule has 1 aromatic heterocycles. The SMILES string of the molecule is CC(C)(C)n1nc(C(=O)Nc2ccc(CN3CCC(C(=O)O)C3)cc2)cc1-c1ccccc1. The molecule has 1 aliphatic heterocycles. The number of hydrogen-bond acceptors (Lipinski definition) is 4. The van der Waals surface area contributed by atoms with Gasteiger partial charge in [0.2, 0.25) is 0 Å². The van der Waals surface area contributed by atoms with E-state index in [1.807, 2.05) is 65.3 Å². The molecule has 7 heteroatoms. The number of aromatic nitrogens is 2. The van der Waals surface area contributed by atoms with Gasteiger partial charge in [0.05, 0.1) is 17.2 Å². The molecular weight excluding hydrogens is 416 g/mol. The van der Waals surface area contributed by atoms with E-state index >= 15 is 0 Å². The third kappa shape index (κ3) is 5.31. The van der Waals surface area contributed by atoms with Gasteiger partial charge in [0.15, 0.2) is 5.69 Å². The lowest BCUT2D eigenvalue weighted by Gasteiger charge is -2.22. The summed E-state index contributed by atoms with van der Waals surface area (Å²) in [7, 11) is 0. The van der Waals surface area contributed by atoms with Crippen molar-refractivity contribution in [3.05, 3.63) is 71.9 Å². The van der Waals surface area contributed by atoms with Crippen molar-refractivity contribution in [1.82, 2.24) is 14.7 Å². The van der Waals surface area contributed by atoms with E-state index in [-0.39, 0.29) is 17.4 Å². The van der Waals surface area contributed by atoms with Crippen molar-refractivity contribution in [3.63, 3.8) is 0 Å². The second-order valence-electron chi connectivity index (χ2n) is 9.57. The Hall–Kier alpha value is -3.45. The Bertz CT molecular complexity index is 1130. The maximum absolute atomic E-state index is 13.0. The number of amides is 1. The summed E-state index contributed by atoms with van der Waals surface area (Å²) in [6.07, 6.45) is 0.690. The summed E-state index contributed by atoms with van der Waals surface area (Å²) in [5.74, 6) is -1.26. The minimum absolute atomic E-state index is 0.258. The van der Waals surface area contributed by atoms with E-state index in [1.54, 1.807) is 0 Å². The van der Waals surface area contributed by atoms with Gasteiger partial charge in [-0.15, -0.1) is 0 Å². The van der Waals surface area contributed by atoms with Crippen LogP contribution in [0.3, 0.4) is 0 Å². The number of carboxylic acid groups (broad SMARTS) is 1. The third-order valence-electron chi connectivity index (χ3n) is 5.89. The minimum Gasteiger partial charge on any atom is -0.481 e. The van der Waals surface area contributed by atoms with Crippen LogP contribution in [0.15, 0.2) is 60.7 Å². The van der Waals surface area contributed by atoms with Gasteiger partial charge < -0.3 is 10.4 Å². The van der Waals surface area contributed by atoms with Crippen LogP contribution in [0.5, 0.6) is 0 Å². The first kappa shape index (κ1) is 22.7. The summed E-state index contributed by atoms with van der Waals surface area (Å²) in [4.78, 5) is 26.2. The van der Waals surface area contributed by atoms with Crippen LogP contribution in [-0.2, 0) is 16.9 Å². The lowest BCUT2D eigenvalue weighted by molar-refractivity contribution is -0.141. The lowest BCUT2D eigenvalue weighted by atomic mass is 10.1. The predicted molar refractivity (Wildman–Crippen MR) is 128 cm³/mol. The van der Waals surface area contributed by atoms with Gasteiger partial charge in [-0.2, -0.15) is 5.10 Å². The highest BCUT2D eigenvalue weighted by atomic mass is 16.4. The molecule has 1 unspecified atom stereocenters. The Labute approximate surface area is 194 Å².